The molecule has 1 N–H and O–H groups in total. The van der Waals surface area contributed by atoms with Crippen molar-refractivity contribution in [3.63, 3.8) is 0 Å². The monoisotopic (exact) mass is 261 g/mol. The second-order valence-electron chi connectivity index (χ2n) is 4.37. The summed E-state index contributed by atoms with van der Waals surface area (Å²) in [7, 11) is 3.70. The summed E-state index contributed by atoms with van der Waals surface area (Å²) >= 11 is 1.85. The summed E-state index contributed by atoms with van der Waals surface area (Å²) in [4.78, 5) is 2.72. The van der Waals surface area contributed by atoms with Gasteiger partial charge in [0.2, 0.25) is 0 Å². The third kappa shape index (κ3) is 2.57. The van der Waals surface area contributed by atoms with Crippen molar-refractivity contribution in [2.24, 2.45) is 0 Å². The zero-order valence-corrected chi connectivity index (χ0v) is 12.1. The van der Waals surface area contributed by atoms with Crippen molar-refractivity contribution >= 4 is 11.3 Å². The number of nitrogens with one attached hydrogen (secondary N) is 1. The number of hydrogen-bond donors (Lipinski definition) is 1. The molecule has 1 heterocycles. The fourth-order valence-corrected chi connectivity index (χ4v) is 3.22. The van der Waals surface area contributed by atoms with Crippen molar-refractivity contribution in [3.05, 3.63) is 51.2 Å². The van der Waals surface area contributed by atoms with Crippen LogP contribution in [0.25, 0.3) is 0 Å². The molecule has 1 aromatic carbocycles. The first-order valence-electron chi connectivity index (χ1n) is 6.04. The SMILES string of the molecule is CNC(c1cccc(OC)c1)c1cc(C)sc1C. The van der Waals surface area contributed by atoms with Gasteiger partial charge in [-0.2, -0.15) is 0 Å². The second kappa shape index (κ2) is 5.55. The maximum absolute atomic E-state index is 5.30. The number of thiophene rings is 1. The molecule has 0 fully saturated rings. The zero-order valence-electron chi connectivity index (χ0n) is 11.3. The minimum absolute atomic E-state index is 0.227. The molecular formula is C15H19NOS. The number of ether oxygens (including phenoxy) is 1. The molecular weight excluding hydrogens is 242 g/mol. The Balaban J connectivity index is 2.41. The molecule has 1 aromatic heterocycles. The number of methoxy groups -OCH3 is 1. The first kappa shape index (κ1) is 13.1. The summed E-state index contributed by atoms with van der Waals surface area (Å²) in [5.74, 6) is 0.900. The Morgan fingerprint density at radius 1 is 1.22 bits per heavy atom. The molecule has 0 radical (unpaired) electrons. The molecule has 0 spiro atoms. The van der Waals surface area contributed by atoms with E-state index in [9.17, 15) is 0 Å². The van der Waals surface area contributed by atoms with E-state index in [1.165, 1.54) is 20.9 Å². The van der Waals surface area contributed by atoms with Crippen molar-refractivity contribution in [3.8, 4) is 5.75 Å². The van der Waals surface area contributed by atoms with E-state index in [0.29, 0.717) is 0 Å². The lowest BCUT2D eigenvalue weighted by Crippen LogP contribution is -2.17. The minimum Gasteiger partial charge on any atom is -0.497 e. The van der Waals surface area contributed by atoms with Gasteiger partial charge in [-0.05, 0) is 50.2 Å². The topological polar surface area (TPSA) is 21.3 Å². The molecule has 2 aromatic rings. The predicted molar refractivity (Wildman–Crippen MR) is 77.7 cm³/mol. The van der Waals surface area contributed by atoms with E-state index < -0.39 is 0 Å². The maximum Gasteiger partial charge on any atom is 0.119 e. The minimum atomic E-state index is 0.227. The van der Waals surface area contributed by atoms with Crippen LogP contribution in [0.15, 0.2) is 30.3 Å². The van der Waals surface area contributed by atoms with Crippen LogP contribution in [-0.2, 0) is 0 Å². The van der Waals surface area contributed by atoms with Gasteiger partial charge in [-0.1, -0.05) is 12.1 Å². The van der Waals surface area contributed by atoms with Crippen molar-refractivity contribution in [2.75, 3.05) is 14.2 Å². The fourth-order valence-electron chi connectivity index (χ4n) is 2.26. The van der Waals surface area contributed by atoms with E-state index in [1.807, 2.05) is 30.5 Å². The van der Waals surface area contributed by atoms with Gasteiger partial charge in [-0.3, -0.25) is 0 Å². The van der Waals surface area contributed by atoms with E-state index in [0.717, 1.165) is 5.75 Å². The average molecular weight is 261 g/mol. The third-order valence-corrected chi connectivity index (χ3v) is 4.09. The van der Waals surface area contributed by atoms with E-state index in [1.54, 1.807) is 7.11 Å². The zero-order chi connectivity index (χ0) is 13.1. The van der Waals surface area contributed by atoms with Crippen LogP contribution in [0.2, 0.25) is 0 Å². The van der Waals surface area contributed by atoms with Crippen LogP contribution in [0, 0.1) is 13.8 Å². The van der Waals surface area contributed by atoms with Crippen LogP contribution < -0.4 is 10.1 Å². The first-order valence-corrected chi connectivity index (χ1v) is 6.85. The van der Waals surface area contributed by atoms with Crippen LogP contribution in [0.1, 0.15) is 26.9 Å². The molecule has 0 saturated carbocycles. The Bertz CT molecular complexity index is 533. The number of rotatable bonds is 4. The van der Waals surface area contributed by atoms with Gasteiger partial charge in [0.05, 0.1) is 13.2 Å². The Morgan fingerprint density at radius 2 is 2.00 bits per heavy atom. The normalized spacial score (nSPS) is 12.4. The summed E-state index contributed by atoms with van der Waals surface area (Å²) in [5.41, 5.74) is 2.59. The molecule has 0 aliphatic rings. The van der Waals surface area contributed by atoms with Crippen molar-refractivity contribution in [1.82, 2.24) is 5.32 Å². The maximum atomic E-state index is 5.30. The van der Waals surface area contributed by atoms with E-state index in [2.05, 4.69) is 37.4 Å². The number of aryl methyl sites for hydroxylation is 2. The van der Waals surface area contributed by atoms with Gasteiger partial charge in [-0.25, -0.2) is 0 Å². The van der Waals surface area contributed by atoms with E-state index in [4.69, 9.17) is 4.74 Å². The lowest BCUT2D eigenvalue weighted by Gasteiger charge is -2.17. The van der Waals surface area contributed by atoms with Crippen molar-refractivity contribution in [1.29, 1.82) is 0 Å². The molecule has 1 atom stereocenters. The van der Waals surface area contributed by atoms with Crippen LogP contribution in [0.5, 0.6) is 5.75 Å². The molecule has 18 heavy (non-hydrogen) atoms. The predicted octanol–water partition coefficient (Wildman–Crippen LogP) is 3.68. The summed E-state index contributed by atoms with van der Waals surface area (Å²) < 4.78 is 5.30. The molecule has 3 heteroatoms. The van der Waals surface area contributed by atoms with E-state index in [-0.39, 0.29) is 6.04 Å². The molecule has 0 aliphatic carbocycles. The average Bonchev–Trinajstić information content (AvgIpc) is 2.70. The van der Waals surface area contributed by atoms with Crippen LogP contribution >= 0.6 is 11.3 Å². The number of hydrogen-bond acceptors (Lipinski definition) is 3. The molecule has 1 unspecified atom stereocenters. The van der Waals surface area contributed by atoms with Gasteiger partial charge in [0.15, 0.2) is 0 Å². The Hall–Kier alpha value is -1.32. The third-order valence-electron chi connectivity index (χ3n) is 3.11. The van der Waals surface area contributed by atoms with Gasteiger partial charge in [0.25, 0.3) is 0 Å². The quantitative estimate of drug-likeness (QED) is 0.906. The lowest BCUT2D eigenvalue weighted by molar-refractivity contribution is 0.414. The highest BCUT2D eigenvalue weighted by Gasteiger charge is 2.16. The largest absolute Gasteiger partial charge is 0.497 e. The molecule has 2 rings (SSSR count). The Labute approximate surface area is 113 Å². The summed E-state index contributed by atoms with van der Waals surface area (Å²) in [5, 5.41) is 3.39. The highest BCUT2D eigenvalue weighted by Crippen LogP contribution is 2.31. The summed E-state index contributed by atoms with van der Waals surface area (Å²) in [6.45, 7) is 4.33. The smallest absolute Gasteiger partial charge is 0.119 e. The van der Waals surface area contributed by atoms with Gasteiger partial charge in [0, 0.05) is 9.75 Å². The first-order chi connectivity index (χ1) is 8.65. The molecule has 0 bridgehead atoms. The van der Waals surface area contributed by atoms with Crippen LogP contribution in [0.3, 0.4) is 0 Å². The van der Waals surface area contributed by atoms with Gasteiger partial charge in [-0.15, -0.1) is 11.3 Å². The Kier molecular flexibility index (Phi) is 4.04. The second-order valence-corrected chi connectivity index (χ2v) is 5.83. The highest BCUT2D eigenvalue weighted by molar-refractivity contribution is 7.12. The van der Waals surface area contributed by atoms with Crippen LogP contribution in [-0.4, -0.2) is 14.2 Å². The molecule has 0 aliphatic heterocycles. The molecule has 0 saturated heterocycles. The highest BCUT2D eigenvalue weighted by atomic mass is 32.1. The van der Waals surface area contributed by atoms with E-state index >= 15 is 0 Å². The van der Waals surface area contributed by atoms with Gasteiger partial charge in [0.1, 0.15) is 5.75 Å². The summed E-state index contributed by atoms with van der Waals surface area (Å²) in [6, 6.07) is 10.7. The molecule has 0 amide bonds. The van der Waals surface area contributed by atoms with Crippen molar-refractivity contribution in [2.45, 2.75) is 19.9 Å². The fraction of sp³-hybridized carbons (Fsp3) is 0.333. The lowest BCUT2D eigenvalue weighted by atomic mass is 9.99. The van der Waals surface area contributed by atoms with Gasteiger partial charge < -0.3 is 10.1 Å². The molecule has 96 valence electrons. The van der Waals surface area contributed by atoms with Crippen LogP contribution in [0.4, 0.5) is 0 Å². The number of benzene rings is 1. The Morgan fingerprint density at radius 3 is 2.56 bits per heavy atom. The van der Waals surface area contributed by atoms with Gasteiger partial charge >= 0.3 is 0 Å². The standard InChI is InChI=1S/C15H19NOS/c1-10-8-14(11(2)18-10)15(16-3)12-6-5-7-13(9-12)17-4/h5-9,15-16H,1-4H3. The summed E-state index contributed by atoms with van der Waals surface area (Å²) in [6.07, 6.45) is 0. The molecule has 2 nitrogen and oxygen atoms in total. The van der Waals surface area contributed by atoms with Crippen molar-refractivity contribution < 1.29 is 4.74 Å².